The fraction of sp³-hybridized carbons (Fsp3) is 0.133. The Balaban J connectivity index is 2.11. The Kier molecular flexibility index (Phi) is 4.61. The van der Waals surface area contributed by atoms with Crippen molar-refractivity contribution in [1.29, 1.82) is 0 Å². The summed E-state index contributed by atoms with van der Waals surface area (Å²) in [6, 6.07) is 13.6. The standard InChI is InChI=1S/C15H14ClNO3/c16-11-6-7-12(15(17)19)14(8-11)20-9-13(18)10-4-2-1-3-5-10/h1-8,13,18H,9H2,(H2,17,19). The van der Waals surface area contributed by atoms with Gasteiger partial charge in [-0.15, -0.1) is 0 Å². The molecule has 0 aromatic heterocycles. The number of carbonyl (C=O) groups excluding carboxylic acids is 1. The van der Waals surface area contributed by atoms with Crippen LogP contribution < -0.4 is 10.5 Å². The van der Waals surface area contributed by atoms with Crippen LogP contribution >= 0.6 is 11.6 Å². The van der Waals surface area contributed by atoms with Crippen LogP contribution in [0.25, 0.3) is 0 Å². The van der Waals surface area contributed by atoms with Crippen molar-refractivity contribution in [2.75, 3.05) is 6.61 Å². The maximum Gasteiger partial charge on any atom is 0.252 e. The summed E-state index contributed by atoms with van der Waals surface area (Å²) in [6.07, 6.45) is -0.795. The van der Waals surface area contributed by atoms with E-state index in [0.29, 0.717) is 5.02 Å². The average Bonchev–Trinajstić information content (AvgIpc) is 2.45. The van der Waals surface area contributed by atoms with Gasteiger partial charge < -0.3 is 15.6 Å². The number of hydrogen-bond acceptors (Lipinski definition) is 3. The number of rotatable bonds is 5. The van der Waals surface area contributed by atoms with E-state index >= 15 is 0 Å². The molecule has 0 spiro atoms. The van der Waals surface area contributed by atoms with Gasteiger partial charge in [0.1, 0.15) is 18.5 Å². The number of nitrogens with two attached hydrogens (primary N) is 1. The fourth-order valence-electron chi connectivity index (χ4n) is 1.76. The van der Waals surface area contributed by atoms with Gasteiger partial charge in [-0.1, -0.05) is 41.9 Å². The maximum absolute atomic E-state index is 11.3. The Bertz CT molecular complexity index is 601. The van der Waals surface area contributed by atoms with Gasteiger partial charge in [-0.3, -0.25) is 4.79 Å². The van der Waals surface area contributed by atoms with E-state index in [1.54, 1.807) is 18.2 Å². The van der Waals surface area contributed by atoms with Gasteiger partial charge in [-0.05, 0) is 23.8 Å². The molecular formula is C15H14ClNO3. The molecule has 1 amide bonds. The van der Waals surface area contributed by atoms with Gasteiger partial charge in [0, 0.05) is 5.02 Å². The molecule has 104 valence electrons. The molecule has 0 saturated heterocycles. The summed E-state index contributed by atoms with van der Waals surface area (Å²) in [7, 11) is 0. The van der Waals surface area contributed by atoms with Gasteiger partial charge in [0.25, 0.3) is 5.91 Å². The summed E-state index contributed by atoms with van der Waals surface area (Å²) in [6.45, 7) is 0.00460. The van der Waals surface area contributed by atoms with Crippen LogP contribution in [0.2, 0.25) is 5.02 Å². The Labute approximate surface area is 121 Å². The van der Waals surface area contributed by atoms with E-state index in [1.165, 1.54) is 12.1 Å². The summed E-state index contributed by atoms with van der Waals surface area (Å²) in [5, 5.41) is 10.4. The third-order valence-electron chi connectivity index (χ3n) is 2.79. The van der Waals surface area contributed by atoms with Crippen molar-refractivity contribution in [2.45, 2.75) is 6.10 Å². The molecule has 3 N–H and O–H groups in total. The van der Waals surface area contributed by atoms with E-state index in [4.69, 9.17) is 22.1 Å². The molecule has 0 aliphatic carbocycles. The van der Waals surface area contributed by atoms with Crippen LogP contribution in [0.15, 0.2) is 48.5 Å². The van der Waals surface area contributed by atoms with Crippen molar-refractivity contribution in [1.82, 2.24) is 0 Å². The predicted octanol–water partition coefficient (Wildman–Crippen LogP) is 2.55. The first-order valence-electron chi connectivity index (χ1n) is 6.03. The largest absolute Gasteiger partial charge is 0.490 e. The smallest absolute Gasteiger partial charge is 0.252 e. The number of halogens is 1. The Morgan fingerprint density at radius 2 is 1.95 bits per heavy atom. The zero-order valence-electron chi connectivity index (χ0n) is 10.6. The third kappa shape index (κ3) is 3.50. The summed E-state index contributed by atoms with van der Waals surface area (Å²) in [5.74, 6) is -0.342. The zero-order valence-corrected chi connectivity index (χ0v) is 11.4. The lowest BCUT2D eigenvalue weighted by atomic mass is 10.1. The van der Waals surface area contributed by atoms with Crippen molar-refractivity contribution in [3.8, 4) is 5.75 Å². The number of hydrogen-bond donors (Lipinski definition) is 2. The topological polar surface area (TPSA) is 72.6 Å². The molecule has 0 fully saturated rings. The normalized spacial score (nSPS) is 11.9. The average molecular weight is 292 g/mol. The molecule has 1 unspecified atom stereocenters. The van der Waals surface area contributed by atoms with Gasteiger partial charge in [0.15, 0.2) is 0 Å². The van der Waals surface area contributed by atoms with E-state index < -0.39 is 12.0 Å². The first-order valence-corrected chi connectivity index (χ1v) is 6.41. The first kappa shape index (κ1) is 14.4. The summed E-state index contributed by atoms with van der Waals surface area (Å²) in [4.78, 5) is 11.3. The number of amides is 1. The highest BCUT2D eigenvalue weighted by atomic mass is 35.5. The highest BCUT2D eigenvalue weighted by Crippen LogP contribution is 2.24. The van der Waals surface area contributed by atoms with Crippen molar-refractivity contribution < 1.29 is 14.6 Å². The van der Waals surface area contributed by atoms with E-state index in [9.17, 15) is 9.90 Å². The minimum atomic E-state index is -0.795. The van der Waals surface area contributed by atoms with Crippen LogP contribution in [0.4, 0.5) is 0 Å². The fourth-order valence-corrected chi connectivity index (χ4v) is 1.92. The number of benzene rings is 2. The number of primary amides is 1. The third-order valence-corrected chi connectivity index (χ3v) is 3.03. The molecular weight excluding hydrogens is 278 g/mol. The summed E-state index contributed by atoms with van der Waals surface area (Å²) >= 11 is 5.86. The molecule has 2 rings (SSSR count). The predicted molar refractivity (Wildman–Crippen MR) is 76.9 cm³/mol. The molecule has 2 aromatic carbocycles. The van der Waals surface area contributed by atoms with Gasteiger partial charge >= 0.3 is 0 Å². The zero-order chi connectivity index (χ0) is 14.5. The number of ether oxygens (including phenoxy) is 1. The van der Waals surface area contributed by atoms with Crippen LogP contribution in [-0.2, 0) is 0 Å². The van der Waals surface area contributed by atoms with Crippen LogP contribution in [0.1, 0.15) is 22.0 Å². The lowest BCUT2D eigenvalue weighted by molar-refractivity contribution is 0.0967. The van der Waals surface area contributed by atoms with Crippen LogP contribution in [0, 0.1) is 0 Å². The molecule has 1 atom stereocenters. The van der Waals surface area contributed by atoms with Crippen LogP contribution in [0.3, 0.4) is 0 Å². The quantitative estimate of drug-likeness (QED) is 0.889. The highest BCUT2D eigenvalue weighted by molar-refractivity contribution is 6.30. The number of aliphatic hydroxyl groups is 1. The molecule has 0 radical (unpaired) electrons. The monoisotopic (exact) mass is 291 g/mol. The molecule has 0 bridgehead atoms. The molecule has 0 aliphatic rings. The van der Waals surface area contributed by atoms with Crippen molar-refractivity contribution in [3.05, 3.63) is 64.7 Å². The maximum atomic E-state index is 11.3. The van der Waals surface area contributed by atoms with Crippen molar-refractivity contribution in [3.63, 3.8) is 0 Å². The van der Waals surface area contributed by atoms with Gasteiger partial charge in [0.05, 0.1) is 5.56 Å². The molecule has 2 aromatic rings. The minimum Gasteiger partial charge on any atom is -0.490 e. The van der Waals surface area contributed by atoms with Crippen LogP contribution in [-0.4, -0.2) is 17.6 Å². The SMILES string of the molecule is NC(=O)c1ccc(Cl)cc1OCC(O)c1ccccc1. The second-order valence-corrected chi connectivity index (χ2v) is 4.68. The Morgan fingerprint density at radius 1 is 1.25 bits per heavy atom. The Morgan fingerprint density at radius 3 is 2.60 bits per heavy atom. The minimum absolute atomic E-state index is 0.00460. The van der Waals surface area contributed by atoms with E-state index in [2.05, 4.69) is 0 Å². The summed E-state index contributed by atoms with van der Waals surface area (Å²) < 4.78 is 5.46. The molecule has 4 nitrogen and oxygen atoms in total. The molecule has 0 aliphatic heterocycles. The molecule has 5 heteroatoms. The summed E-state index contributed by atoms with van der Waals surface area (Å²) in [5.41, 5.74) is 6.22. The molecule has 0 heterocycles. The molecule has 20 heavy (non-hydrogen) atoms. The first-order chi connectivity index (χ1) is 9.58. The lowest BCUT2D eigenvalue weighted by Crippen LogP contribution is -2.15. The number of aliphatic hydroxyl groups excluding tert-OH is 1. The molecule has 0 saturated carbocycles. The van der Waals surface area contributed by atoms with Gasteiger partial charge in [-0.25, -0.2) is 0 Å². The Hall–Kier alpha value is -2.04. The van der Waals surface area contributed by atoms with Crippen molar-refractivity contribution >= 4 is 17.5 Å². The van der Waals surface area contributed by atoms with E-state index in [-0.39, 0.29) is 17.9 Å². The number of carbonyl (C=O) groups is 1. The van der Waals surface area contributed by atoms with Gasteiger partial charge in [-0.2, -0.15) is 0 Å². The van der Waals surface area contributed by atoms with E-state index in [0.717, 1.165) is 5.56 Å². The van der Waals surface area contributed by atoms with E-state index in [1.807, 2.05) is 18.2 Å². The second kappa shape index (κ2) is 6.41. The van der Waals surface area contributed by atoms with Crippen LogP contribution in [0.5, 0.6) is 5.75 Å². The second-order valence-electron chi connectivity index (χ2n) is 4.24. The van der Waals surface area contributed by atoms with Crippen molar-refractivity contribution in [2.24, 2.45) is 5.73 Å². The highest BCUT2D eigenvalue weighted by Gasteiger charge is 2.13. The lowest BCUT2D eigenvalue weighted by Gasteiger charge is -2.14. The van der Waals surface area contributed by atoms with Gasteiger partial charge in [0.2, 0.25) is 0 Å².